The summed E-state index contributed by atoms with van der Waals surface area (Å²) in [5, 5.41) is 7.52. The van der Waals surface area contributed by atoms with Crippen molar-refractivity contribution in [3.63, 3.8) is 0 Å². The van der Waals surface area contributed by atoms with Crippen molar-refractivity contribution in [3.8, 4) is 33.6 Å². The van der Waals surface area contributed by atoms with Crippen LogP contribution in [0.25, 0.3) is 88.0 Å². The highest BCUT2D eigenvalue weighted by atomic mass is 15.1. The minimum Gasteiger partial charge on any atom is -0.310 e. The number of anilines is 3. The van der Waals surface area contributed by atoms with Gasteiger partial charge in [0.1, 0.15) is 0 Å². The Labute approximate surface area is 354 Å². The second-order valence-electron chi connectivity index (χ2n) is 15.8. The van der Waals surface area contributed by atoms with Gasteiger partial charge in [0.15, 0.2) is 0 Å². The van der Waals surface area contributed by atoms with Crippen molar-refractivity contribution < 1.29 is 0 Å². The van der Waals surface area contributed by atoms with Crippen molar-refractivity contribution in [3.05, 3.63) is 237 Å². The zero-order valence-corrected chi connectivity index (χ0v) is 33.4. The Morgan fingerprint density at radius 3 is 1.43 bits per heavy atom. The number of rotatable bonds is 7. The lowest BCUT2D eigenvalue weighted by Crippen LogP contribution is -2.10. The summed E-state index contributed by atoms with van der Waals surface area (Å²) in [4.78, 5) is 2.39. The summed E-state index contributed by atoms with van der Waals surface area (Å²) in [5.41, 5.74) is 15.1. The number of fused-ring (bicyclic) bond motifs is 7. The zero-order chi connectivity index (χ0) is 40.3. The molecule has 0 N–H and O–H groups in total. The van der Waals surface area contributed by atoms with Gasteiger partial charge in [0.2, 0.25) is 0 Å². The van der Waals surface area contributed by atoms with E-state index >= 15 is 0 Å². The average Bonchev–Trinajstić information content (AvgIpc) is 3.84. The van der Waals surface area contributed by atoms with E-state index in [0.29, 0.717) is 0 Å². The largest absolute Gasteiger partial charge is 0.310 e. The molecule has 0 atom stereocenters. The van der Waals surface area contributed by atoms with Gasteiger partial charge in [-0.05, 0) is 118 Å². The molecule has 10 aromatic carbocycles. The van der Waals surface area contributed by atoms with Crippen LogP contribution in [-0.2, 0) is 0 Å². The molecular formula is C58H39N3. The molecule has 0 aliphatic heterocycles. The zero-order valence-electron chi connectivity index (χ0n) is 33.4. The fraction of sp³-hybridized carbons (Fsp3) is 0. The SMILES string of the molecule is c1ccc(-c2cccc(N(c3ccc(-c4ccc(-n5c6ccccc6c6cc7ccccc7cc65)cc4)cc3)c3ccc4c5ccccc5n(-c5ccccc5)c4c3)c2)cc1. The van der Waals surface area contributed by atoms with E-state index in [9.17, 15) is 0 Å². The van der Waals surface area contributed by atoms with Gasteiger partial charge < -0.3 is 14.0 Å². The Bertz CT molecular complexity index is 3560. The Kier molecular flexibility index (Phi) is 8.17. The van der Waals surface area contributed by atoms with Crippen molar-refractivity contribution in [2.24, 2.45) is 0 Å². The van der Waals surface area contributed by atoms with E-state index in [1.165, 1.54) is 76.6 Å². The second-order valence-corrected chi connectivity index (χ2v) is 15.8. The van der Waals surface area contributed by atoms with Crippen molar-refractivity contribution in [1.29, 1.82) is 0 Å². The lowest BCUT2D eigenvalue weighted by molar-refractivity contribution is 1.18. The molecule has 2 aromatic heterocycles. The van der Waals surface area contributed by atoms with E-state index in [-0.39, 0.29) is 0 Å². The molecular weight excluding hydrogens is 739 g/mol. The molecule has 3 nitrogen and oxygen atoms in total. The predicted octanol–water partition coefficient (Wildman–Crippen LogP) is 15.8. The van der Waals surface area contributed by atoms with Crippen molar-refractivity contribution >= 4 is 71.4 Å². The van der Waals surface area contributed by atoms with Crippen molar-refractivity contribution in [1.82, 2.24) is 9.13 Å². The summed E-state index contributed by atoms with van der Waals surface area (Å²) < 4.78 is 4.79. The minimum atomic E-state index is 1.09. The summed E-state index contributed by atoms with van der Waals surface area (Å²) >= 11 is 0. The van der Waals surface area contributed by atoms with E-state index in [0.717, 1.165) is 28.4 Å². The molecule has 0 saturated heterocycles. The molecule has 0 saturated carbocycles. The molecule has 0 fully saturated rings. The van der Waals surface area contributed by atoms with Crippen LogP contribution >= 0.6 is 0 Å². The van der Waals surface area contributed by atoms with Gasteiger partial charge in [0.25, 0.3) is 0 Å². The van der Waals surface area contributed by atoms with E-state index in [1.807, 2.05) is 0 Å². The summed E-state index contributed by atoms with van der Waals surface area (Å²) in [6.45, 7) is 0. The first kappa shape index (κ1) is 34.9. The van der Waals surface area contributed by atoms with Crippen LogP contribution in [-0.4, -0.2) is 9.13 Å². The number of aromatic nitrogens is 2. The minimum absolute atomic E-state index is 1.09. The average molecular weight is 778 g/mol. The standard InChI is InChI=1S/C58H39N3/c1-3-14-40(15-4-1)43-18-13-21-49(36-43)59(50-34-35-53-51-22-9-11-24-55(51)60(58(53)39-50)46-19-5-2-6-20-46)47-30-26-41(27-31-47)42-28-32-48(33-29-42)61-56-25-12-10-23-52(56)54-37-44-16-7-8-17-45(44)38-57(54)61/h1-39H. The number of nitrogens with zero attached hydrogens (tertiary/aromatic N) is 3. The molecule has 0 bridgehead atoms. The van der Waals surface area contributed by atoms with Gasteiger partial charge in [-0.25, -0.2) is 0 Å². The maximum Gasteiger partial charge on any atom is 0.0561 e. The van der Waals surface area contributed by atoms with E-state index in [2.05, 4.69) is 251 Å². The van der Waals surface area contributed by atoms with Crippen LogP contribution in [0.1, 0.15) is 0 Å². The van der Waals surface area contributed by atoms with E-state index in [4.69, 9.17) is 0 Å². The molecule has 286 valence electrons. The summed E-state index contributed by atoms with van der Waals surface area (Å²) in [7, 11) is 0. The Balaban J connectivity index is 0.961. The molecule has 0 amide bonds. The van der Waals surface area contributed by atoms with Crippen molar-refractivity contribution in [2.45, 2.75) is 0 Å². The number of para-hydroxylation sites is 3. The van der Waals surface area contributed by atoms with Crippen LogP contribution in [0.3, 0.4) is 0 Å². The van der Waals surface area contributed by atoms with Crippen LogP contribution < -0.4 is 4.90 Å². The molecule has 12 aromatic rings. The molecule has 0 aliphatic rings. The van der Waals surface area contributed by atoms with Crippen LogP contribution in [0.15, 0.2) is 237 Å². The first-order valence-electron chi connectivity index (χ1n) is 20.9. The first-order chi connectivity index (χ1) is 30.2. The highest BCUT2D eigenvalue weighted by molar-refractivity contribution is 6.14. The highest BCUT2D eigenvalue weighted by Gasteiger charge is 2.19. The van der Waals surface area contributed by atoms with Crippen LogP contribution in [0.4, 0.5) is 17.1 Å². The Hall–Kier alpha value is -8.14. The quantitative estimate of drug-likeness (QED) is 0.157. The maximum absolute atomic E-state index is 2.40. The van der Waals surface area contributed by atoms with Crippen LogP contribution in [0, 0.1) is 0 Å². The maximum atomic E-state index is 2.40. The fourth-order valence-corrected chi connectivity index (χ4v) is 9.39. The van der Waals surface area contributed by atoms with Gasteiger partial charge in [-0.15, -0.1) is 0 Å². The first-order valence-corrected chi connectivity index (χ1v) is 20.9. The van der Waals surface area contributed by atoms with Crippen LogP contribution in [0.2, 0.25) is 0 Å². The van der Waals surface area contributed by atoms with Gasteiger partial charge in [-0.3, -0.25) is 0 Å². The van der Waals surface area contributed by atoms with E-state index < -0.39 is 0 Å². The second kappa shape index (κ2) is 14.3. The lowest BCUT2D eigenvalue weighted by Gasteiger charge is -2.26. The number of hydrogen-bond acceptors (Lipinski definition) is 1. The number of benzene rings is 10. The molecule has 0 radical (unpaired) electrons. The third kappa shape index (κ3) is 5.90. The van der Waals surface area contributed by atoms with Gasteiger partial charge in [0.05, 0.1) is 22.1 Å². The monoisotopic (exact) mass is 777 g/mol. The molecule has 0 spiro atoms. The third-order valence-corrected chi connectivity index (χ3v) is 12.3. The highest BCUT2D eigenvalue weighted by Crippen LogP contribution is 2.42. The number of hydrogen-bond donors (Lipinski definition) is 0. The molecule has 3 heteroatoms. The van der Waals surface area contributed by atoms with Gasteiger partial charge >= 0.3 is 0 Å². The third-order valence-electron chi connectivity index (χ3n) is 12.3. The predicted molar refractivity (Wildman–Crippen MR) is 258 cm³/mol. The molecule has 2 heterocycles. The van der Waals surface area contributed by atoms with E-state index in [1.54, 1.807) is 0 Å². The summed E-state index contributed by atoms with van der Waals surface area (Å²) in [5.74, 6) is 0. The smallest absolute Gasteiger partial charge is 0.0561 e. The summed E-state index contributed by atoms with van der Waals surface area (Å²) in [6.07, 6.45) is 0. The molecule has 0 aliphatic carbocycles. The lowest BCUT2D eigenvalue weighted by atomic mass is 10.0. The topological polar surface area (TPSA) is 13.1 Å². The molecule has 61 heavy (non-hydrogen) atoms. The van der Waals surface area contributed by atoms with Crippen LogP contribution in [0.5, 0.6) is 0 Å². The van der Waals surface area contributed by atoms with Crippen molar-refractivity contribution in [2.75, 3.05) is 4.90 Å². The Morgan fingerprint density at radius 1 is 0.246 bits per heavy atom. The molecule has 12 rings (SSSR count). The van der Waals surface area contributed by atoms with Gasteiger partial charge in [-0.1, -0.05) is 152 Å². The Morgan fingerprint density at radius 2 is 0.721 bits per heavy atom. The van der Waals surface area contributed by atoms with Gasteiger partial charge in [-0.2, -0.15) is 0 Å². The summed E-state index contributed by atoms with van der Waals surface area (Å²) in [6, 6.07) is 85.9. The molecule has 0 unspecified atom stereocenters. The fourth-order valence-electron chi connectivity index (χ4n) is 9.39. The normalized spacial score (nSPS) is 11.6. The van der Waals surface area contributed by atoms with Gasteiger partial charge in [0, 0.05) is 50.0 Å².